The molecule has 1 aromatic carbocycles. The first-order valence-corrected chi connectivity index (χ1v) is 6.58. The summed E-state index contributed by atoms with van der Waals surface area (Å²) in [6, 6.07) is 8.13. The first-order chi connectivity index (χ1) is 9.65. The molecule has 1 saturated carbocycles. The van der Waals surface area contributed by atoms with E-state index >= 15 is 0 Å². The predicted octanol–water partition coefficient (Wildman–Crippen LogP) is 2.72. The number of carbonyl (C=O) groups is 1. The van der Waals surface area contributed by atoms with Gasteiger partial charge in [0.25, 0.3) is 0 Å². The van der Waals surface area contributed by atoms with Crippen LogP contribution in [0.1, 0.15) is 28.8 Å². The lowest BCUT2D eigenvalue weighted by molar-refractivity contribution is 0.0697. The van der Waals surface area contributed by atoms with Gasteiger partial charge in [0.15, 0.2) is 5.82 Å². The van der Waals surface area contributed by atoms with E-state index in [1.807, 2.05) is 31.2 Å². The molecular weight excluding hydrogens is 254 g/mol. The van der Waals surface area contributed by atoms with Gasteiger partial charge in [-0.05, 0) is 25.3 Å². The fourth-order valence-corrected chi connectivity index (χ4v) is 2.02. The Labute approximate surface area is 116 Å². The number of hydrogen-bond acceptors (Lipinski definition) is 4. The van der Waals surface area contributed by atoms with Gasteiger partial charge in [0.1, 0.15) is 11.4 Å². The number of nitrogens with zero attached hydrogens (tertiary/aromatic N) is 2. The minimum Gasteiger partial charge on any atom is -0.477 e. The highest BCUT2D eigenvalue weighted by Gasteiger charge is 2.24. The second kappa shape index (κ2) is 4.92. The van der Waals surface area contributed by atoms with E-state index in [1.54, 1.807) is 0 Å². The van der Waals surface area contributed by atoms with Crippen molar-refractivity contribution in [2.24, 2.45) is 0 Å². The molecule has 2 N–H and O–H groups in total. The van der Waals surface area contributed by atoms with Crippen molar-refractivity contribution >= 4 is 11.8 Å². The van der Waals surface area contributed by atoms with Gasteiger partial charge in [-0.25, -0.2) is 14.8 Å². The van der Waals surface area contributed by atoms with Gasteiger partial charge in [-0.1, -0.05) is 24.3 Å². The van der Waals surface area contributed by atoms with Crippen molar-refractivity contribution in [3.63, 3.8) is 0 Å². The maximum atomic E-state index is 11.2. The fraction of sp³-hybridized carbons (Fsp3) is 0.267. The minimum absolute atomic E-state index is 0.120. The summed E-state index contributed by atoms with van der Waals surface area (Å²) < 4.78 is 0. The molecular formula is C15H15N3O2. The maximum absolute atomic E-state index is 11.2. The first kappa shape index (κ1) is 12.6. The zero-order valence-electron chi connectivity index (χ0n) is 11.1. The summed E-state index contributed by atoms with van der Waals surface area (Å²) in [5, 5.41) is 12.4. The van der Waals surface area contributed by atoms with E-state index in [2.05, 4.69) is 15.3 Å². The van der Waals surface area contributed by atoms with Crippen LogP contribution in [0.15, 0.2) is 30.5 Å². The molecule has 3 rings (SSSR count). The summed E-state index contributed by atoms with van der Waals surface area (Å²) in [6.45, 7) is 1.98. The summed E-state index contributed by atoms with van der Waals surface area (Å²) in [5.41, 5.74) is 2.10. The average Bonchev–Trinajstić information content (AvgIpc) is 3.23. The Balaban J connectivity index is 2.04. The summed E-state index contributed by atoms with van der Waals surface area (Å²) in [7, 11) is 0. The lowest BCUT2D eigenvalue weighted by Crippen LogP contribution is -2.11. The zero-order chi connectivity index (χ0) is 14.1. The molecule has 0 amide bonds. The highest BCUT2D eigenvalue weighted by Crippen LogP contribution is 2.27. The number of nitrogens with one attached hydrogen (secondary N) is 1. The zero-order valence-corrected chi connectivity index (χ0v) is 11.1. The first-order valence-electron chi connectivity index (χ1n) is 6.58. The molecule has 1 aliphatic carbocycles. The quantitative estimate of drug-likeness (QED) is 0.892. The Morgan fingerprint density at radius 3 is 2.75 bits per heavy atom. The molecule has 0 spiro atoms. The highest BCUT2D eigenvalue weighted by atomic mass is 16.4. The van der Waals surface area contributed by atoms with Crippen LogP contribution < -0.4 is 5.32 Å². The normalized spacial score (nSPS) is 14.1. The fourth-order valence-electron chi connectivity index (χ4n) is 2.02. The van der Waals surface area contributed by atoms with Crippen molar-refractivity contribution in [1.82, 2.24) is 9.97 Å². The van der Waals surface area contributed by atoms with E-state index in [-0.39, 0.29) is 5.56 Å². The van der Waals surface area contributed by atoms with Crippen molar-refractivity contribution in [3.05, 3.63) is 41.6 Å². The number of rotatable bonds is 4. The SMILES string of the molecule is Cc1ccccc1-c1ncc(C(=O)O)c(NC2CC2)n1. The van der Waals surface area contributed by atoms with Crippen molar-refractivity contribution < 1.29 is 9.90 Å². The standard InChI is InChI=1S/C15H15N3O2/c1-9-4-2-3-5-11(9)13-16-8-12(15(19)20)14(18-13)17-10-6-7-10/h2-5,8,10H,6-7H2,1H3,(H,19,20)(H,16,17,18). The van der Waals surface area contributed by atoms with Crippen LogP contribution in [0, 0.1) is 6.92 Å². The molecule has 0 unspecified atom stereocenters. The lowest BCUT2D eigenvalue weighted by Gasteiger charge is -2.10. The van der Waals surface area contributed by atoms with Crippen LogP contribution in [0.2, 0.25) is 0 Å². The number of aromatic carboxylic acids is 1. The second-order valence-corrected chi connectivity index (χ2v) is 4.99. The molecule has 0 radical (unpaired) electrons. The molecule has 0 bridgehead atoms. The van der Waals surface area contributed by atoms with E-state index in [4.69, 9.17) is 0 Å². The Kier molecular flexibility index (Phi) is 3.10. The van der Waals surface area contributed by atoms with Crippen molar-refractivity contribution in [2.45, 2.75) is 25.8 Å². The average molecular weight is 269 g/mol. The summed E-state index contributed by atoms with van der Waals surface area (Å²) in [4.78, 5) is 19.8. The number of carboxylic acid groups (broad SMARTS) is 1. The third kappa shape index (κ3) is 2.47. The van der Waals surface area contributed by atoms with Gasteiger partial charge in [0, 0.05) is 17.8 Å². The number of aryl methyl sites for hydroxylation is 1. The van der Waals surface area contributed by atoms with Crippen LogP contribution in [0.5, 0.6) is 0 Å². The highest BCUT2D eigenvalue weighted by molar-refractivity contribution is 5.93. The molecule has 2 aromatic rings. The van der Waals surface area contributed by atoms with Gasteiger partial charge in [0.05, 0.1) is 0 Å². The van der Waals surface area contributed by atoms with E-state index in [0.717, 1.165) is 24.0 Å². The Morgan fingerprint density at radius 1 is 1.35 bits per heavy atom. The van der Waals surface area contributed by atoms with Gasteiger partial charge in [-0.2, -0.15) is 0 Å². The van der Waals surface area contributed by atoms with Gasteiger partial charge in [-0.3, -0.25) is 0 Å². The third-order valence-corrected chi connectivity index (χ3v) is 3.32. The number of aromatic nitrogens is 2. The molecule has 0 aliphatic heterocycles. The van der Waals surface area contributed by atoms with Crippen LogP contribution >= 0.6 is 0 Å². The third-order valence-electron chi connectivity index (χ3n) is 3.32. The maximum Gasteiger partial charge on any atom is 0.341 e. The smallest absolute Gasteiger partial charge is 0.341 e. The largest absolute Gasteiger partial charge is 0.477 e. The Hall–Kier alpha value is -2.43. The Morgan fingerprint density at radius 2 is 2.10 bits per heavy atom. The van der Waals surface area contributed by atoms with Gasteiger partial charge in [0.2, 0.25) is 0 Å². The molecule has 1 aromatic heterocycles. The molecule has 1 heterocycles. The molecule has 0 atom stereocenters. The monoisotopic (exact) mass is 269 g/mol. The molecule has 102 valence electrons. The van der Waals surface area contributed by atoms with E-state index in [0.29, 0.717) is 17.7 Å². The van der Waals surface area contributed by atoms with Crippen molar-refractivity contribution in [3.8, 4) is 11.4 Å². The second-order valence-electron chi connectivity index (χ2n) is 4.99. The van der Waals surface area contributed by atoms with Crippen molar-refractivity contribution in [1.29, 1.82) is 0 Å². The predicted molar refractivity (Wildman–Crippen MR) is 75.8 cm³/mol. The van der Waals surface area contributed by atoms with E-state index in [9.17, 15) is 9.90 Å². The van der Waals surface area contributed by atoms with Crippen molar-refractivity contribution in [2.75, 3.05) is 5.32 Å². The summed E-state index contributed by atoms with van der Waals surface area (Å²) in [5.74, 6) is -0.0472. The molecule has 0 saturated heterocycles. The molecule has 1 fully saturated rings. The van der Waals surface area contributed by atoms with Gasteiger partial charge < -0.3 is 10.4 Å². The molecule has 5 heteroatoms. The lowest BCUT2D eigenvalue weighted by atomic mass is 10.1. The summed E-state index contributed by atoms with van der Waals surface area (Å²) in [6.07, 6.45) is 3.49. The molecule has 1 aliphatic rings. The van der Waals surface area contributed by atoms with Crippen LogP contribution in [-0.4, -0.2) is 27.1 Å². The number of hydrogen-bond donors (Lipinski definition) is 2. The minimum atomic E-state index is -1.01. The molecule has 5 nitrogen and oxygen atoms in total. The van der Waals surface area contributed by atoms with Gasteiger partial charge in [-0.15, -0.1) is 0 Å². The summed E-state index contributed by atoms with van der Waals surface area (Å²) >= 11 is 0. The van der Waals surface area contributed by atoms with Crippen LogP contribution in [-0.2, 0) is 0 Å². The van der Waals surface area contributed by atoms with E-state index in [1.165, 1.54) is 6.20 Å². The number of carboxylic acids is 1. The Bertz CT molecular complexity index is 666. The van der Waals surface area contributed by atoms with Crippen LogP contribution in [0.4, 0.5) is 5.82 Å². The van der Waals surface area contributed by atoms with Crippen LogP contribution in [0.25, 0.3) is 11.4 Å². The number of anilines is 1. The van der Waals surface area contributed by atoms with E-state index < -0.39 is 5.97 Å². The molecule has 20 heavy (non-hydrogen) atoms. The number of benzene rings is 1. The van der Waals surface area contributed by atoms with Crippen LogP contribution in [0.3, 0.4) is 0 Å². The van der Waals surface area contributed by atoms with Gasteiger partial charge >= 0.3 is 5.97 Å². The topological polar surface area (TPSA) is 75.1 Å².